The van der Waals surface area contributed by atoms with Crippen LogP contribution in [0.3, 0.4) is 0 Å². The first-order valence-corrected chi connectivity index (χ1v) is 10.5. The molecule has 4 nitrogen and oxygen atoms in total. The van der Waals surface area contributed by atoms with E-state index in [-0.39, 0.29) is 5.54 Å². The molecule has 1 aromatic heterocycles. The van der Waals surface area contributed by atoms with E-state index in [1.165, 1.54) is 47.2 Å². The van der Waals surface area contributed by atoms with Crippen LogP contribution in [-0.2, 0) is 19.5 Å². The van der Waals surface area contributed by atoms with Crippen LogP contribution in [-0.4, -0.2) is 27.5 Å². The Hall–Kier alpha value is -1.75. The molecular weight excluding hydrogens is 344 g/mol. The Bertz CT molecular complexity index is 791. The average Bonchev–Trinajstić information content (AvgIpc) is 2.82. The number of aryl methyl sites for hydroxylation is 2. The summed E-state index contributed by atoms with van der Waals surface area (Å²) in [6.45, 7) is 10.9. The quantitative estimate of drug-likeness (QED) is 0.461. The predicted octanol–water partition coefficient (Wildman–Crippen LogP) is 4.76. The fourth-order valence-electron chi connectivity index (χ4n) is 4.38. The molecule has 28 heavy (non-hydrogen) atoms. The third-order valence-corrected chi connectivity index (χ3v) is 5.83. The van der Waals surface area contributed by atoms with Crippen LogP contribution in [0.2, 0.25) is 0 Å². The second-order valence-corrected chi connectivity index (χ2v) is 9.28. The van der Waals surface area contributed by atoms with E-state index in [4.69, 9.17) is 10.8 Å². The number of benzene rings is 1. The third-order valence-electron chi connectivity index (χ3n) is 5.83. The fourth-order valence-corrected chi connectivity index (χ4v) is 4.38. The highest BCUT2D eigenvalue weighted by molar-refractivity contribution is 5.32. The van der Waals surface area contributed by atoms with Gasteiger partial charge in [0.15, 0.2) is 0 Å². The normalized spacial score (nSPS) is 17.6. The monoisotopic (exact) mass is 380 g/mol. The summed E-state index contributed by atoms with van der Waals surface area (Å²) in [5.74, 6) is 5.83. The lowest BCUT2D eigenvalue weighted by molar-refractivity contribution is 0.0643. The summed E-state index contributed by atoms with van der Waals surface area (Å²) in [6.07, 6.45) is 6.80. The standard InChI is InChI=1S/C24H36N4/c1-18-15-19(16-27(5)25)12-13-21(18)17-28(24(2,3)4)22-11-7-6-9-20-10-8-14-26-23(20)22/h8,10,12-15,22H,6-7,9,11,16-17,25H2,1-5H3. The van der Waals surface area contributed by atoms with Crippen molar-refractivity contribution in [1.82, 2.24) is 14.9 Å². The molecule has 0 spiro atoms. The van der Waals surface area contributed by atoms with Gasteiger partial charge in [0.2, 0.25) is 0 Å². The van der Waals surface area contributed by atoms with Gasteiger partial charge >= 0.3 is 0 Å². The van der Waals surface area contributed by atoms with Gasteiger partial charge in [0.1, 0.15) is 0 Å². The minimum Gasteiger partial charge on any atom is -0.286 e. The number of nitrogens with zero attached hydrogens (tertiary/aromatic N) is 3. The van der Waals surface area contributed by atoms with E-state index in [1.54, 1.807) is 5.01 Å². The van der Waals surface area contributed by atoms with E-state index >= 15 is 0 Å². The maximum absolute atomic E-state index is 5.83. The van der Waals surface area contributed by atoms with Crippen LogP contribution in [0.1, 0.15) is 74.0 Å². The van der Waals surface area contributed by atoms with Crippen molar-refractivity contribution >= 4 is 0 Å². The molecule has 3 rings (SSSR count). The molecule has 152 valence electrons. The van der Waals surface area contributed by atoms with Gasteiger partial charge < -0.3 is 0 Å². The Balaban J connectivity index is 1.92. The molecule has 2 N–H and O–H groups in total. The van der Waals surface area contributed by atoms with Crippen molar-refractivity contribution in [3.05, 3.63) is 64.5 Å². The first kappa shape index (κ1) is 21.0. The minimum absolute atomic E-state index is 0.0619. The molecule has 2 aromatic rings. The molecule has 0 fully saturated rings. The van der Waals surface area contributed by atoms with Crippen molar-refractivity contribution in [2.24, 2.45) is 5.84 Å². The molecule has 0 amide bonds. The topological polar surface area (TPSA) is 45.4 Å². The van der Waals surface area contributed by atoms with Gasteiger partial charge in [-0.3, -0.25) is 15.7 Å². The molecule has 0 bridgehead atoms. The zero-order chi connectivity index (χ0) is 20.3. The fraction of sp³-hybridized carbons (Fsp3) is 0.542. The van der Waals surface area contributed by atoms with E-state index < -0.39 is 0 Å². The summed E-state index contributed by atoms with van der Waals surface area (Å²) in [6, 6.07) is 11.5. The largest absolute Gasteiger partial charge is 0.286 e. The Kier molecular flexibility index (Phi) is 6.54. The highest BCUT2D eigenvalue weighted by Crippen LogP contribution is 2.37. The smallest absolute Gasteiger partial charge is 0.0607 e. The SMILES string of the molecule is Cc1cc(CN(C)N)ccc1CN(C1CCCCc2cccnc21)C(C)(C)C. The van der Waals surface area contributed by atoms with Crippen molar-refractivity contribution in [3.8, 4) is 0 Å². The Labute approximate surface area is 170 Å². The van der Waals surface area contributed by atoms with Crippen molar-refractivity contribution in [2.45, 2.75) is 78.0 Å². The molecule has 1 unspecified atom stereocenters. The number of rotatable bonds is 5. The van der Waals surface area contributed by atoms with E-state index in [0.717, 1.165) is 19.5 Å². The van der Waals surface area contributed by atoms with Crippen molar-refractivity contribution in [1.29, 1.82) is 0 Å². The number of hydrogen-bond acceptors (Lipinski definition) is 4. The van der Waals surface area contributed by atoms with Crippen LogP contribution in [0.5, 0.6) is 0 Å². The zero-order valence-electron chi connectivity index (χ0n) is 18.2. The highest BCUT2D eigenvalue weighted by Gasteiger charge is 2.33. The molecular formula is C24H36N4. The van der Waals surface area contributed by atoms with E-state index in [0.29, 0.717) is 6.04 Å². The average molecular weight is 381 g/mol. The molecule has 1 aromatic carbocycles. The number of nitrogens with two attached hydrogens (primary N) is 1. The van der Waals surface area contributed by atoms with Gasteiger partial charge in [-0.25, -0.2) is 5.01 Å². The summed E-state index contributed by atoms with van der Waals surface area (Å²) >= 11 is 0. The molecule has 0 aliphatic heterocycles. The number of hydrazine groups is 1. The number of aromatic nitrogens is 1. The second-order valence-electron chi connectivity index (χ2n) is 9.28. The maximum atomic E-state index is 5.83. The van der Waals surface area contributed by atoms with Crippen molar-refractivity contribution in [3.63, 3.8) is 0 Å². The Morgan fingerprint density at radius 2 is 1.93 bits per heavy atom. The molecule has 0 saturated heterocycles. The molecule has 4 heteroatoms. The Morgan fingerprint density at radius 3 is 2.61 bits per heavy atom. The van der Waals surface area contributed by atoms with Crippen LogP contribution < -0.4 is 5.84 Å². The van der Waals surface area contributed by atoms with E-state index in [2.05, 4.69) is 62.9 Å². The van der Waals surface area contributed by atoms with E-state index in [1.807, 2.05) is 13.2 Å². The maximum Gasteiger partial charge on any atom is 0.0607 e. The van der Waals surface area contributed by atoms with Gasteiger partial charge in [-0.1, -0.05) is 30.7 Å². The minimum atomic E-state index is 0.0619. The third kappa shape index (κ3) is 4.99. The molecule has 1 aliphatic carbocycles. The highest BCUT2D eigenvalue weighted by atomic mass is 15.4. The lowest BCUT2D eigenvalue weighted by Gasteiger charge is -2.42. The number of hydrogen-bond donors (Lipinski definition) is 1. The molecule has 1 aliphatic rings. The van der Waals surface area contributed by atoms with Crippen molar-refractivity contribution in [2.75, 3.05) is 7.05 Å². The number of pyridine rings is 1. The predicted molar refractivity (Wildman–Crippen MR) is 117 cm³/mol. The molecule has 0 radical (unpaired) electrons. The molecule has 0 saturated carbocycles. The first-order chi connectivity index (χ1) is 13.3. The van der Waals surface area contributed by atoms with Gasteiger partial charge in [-0.05, 0) is 75.3 Å². The zero-order valence-corrected chi connectivity index (χ0v) is 18.2. The summed E-state index contributed by atoms with van der Waals surface area (Å²) in [5, 5.41) is 1.73. The molecule has 1 atom stereocenters. The van der Waals surface area contributed by atoms with Crippen LogP contribution in [0.25, 0.3) is 0 Å². The molecule has 1 heterocycles. The first-order valence-electron chi connectivity index (χ1n) is 10.5. The summed E-state index contributed by atoms with van der Waals surface area (Å²) in [7, 11) is 1.90. The summed E-state index contributed by atoms with van der Waals surface area (Å²) in [5.41, 5.74) is 6.76. The van der Waals surface area contributed by atoms with E-state index in [9.17, 15) is 0 Å². The van der Waals surface area contributed by atoms with Gasteiger partial charge in [-0.15, -0.1) is 0 Å². The van der Waals surface area contributed by atoms with Crippen LogP contribution >= 0.6 is 0 Å². The Morgan fingerprint density at radius 1 is 1.14 bits per heavy atom. The van der Waals surface area contributed by atoms with Gasteiger partial charge in [0.05, 0.1) is 11.7 Å². The van der Waals surface area contributed by atoms with Gasteiger partial charge in [0, 0.05) is 31.9 Å². The van der Waals surface area contributed by atoms with Crippen LogP contribution in [0.4, 0.5) is 0 Å². The summed E-state index contributed by atoms with van der Waals surface area (Å²) < 4.78 is 0. The van der Waals surface area contributed by atoms with Gasteiger partial charge in [-0.2, -0.15) is 0 Å². The van der Waals surface area contributed by atoms with Crippen LogP contribution in [0.15, 0.2) is 36.5 Å². The lowest BCUT2D eigenvalue weighted by atomic mass is 9.94. The summed E-state index contributed by atoms with van der Waals surface area (Å²) in [4.78, 5) is 7.50. The van der Waals surface area contributed by atoms with Gasteiger partial charge in [0.25, 0.3) is 0 Å². The second kappa shape index (κ2) is 8.73. The van der Waals surface area contributed by atoms with Crippen molar-refractivity contribution < 1.29 is 0 Å². The number of fused-ring (bicyclic) bond motifs is 1. The van der Waals surface area contributed by atoms with Crippen LogP contribution in [0, 0.1) is 6.92 Å². The lowest BCUT2D eigenvalue weighted by Crippen LogP contribution is -2.43.